The number of benzene rings is 8. The lowest BCUT2D eigenvalue weighted by Gasteiger charge is -2.33. The Morgan fingerprint density at radius 2 is 1.14 bits per heavy atom. The molecule has 278 valence electrons. The molecule has 0 unspecified atom stereocenters. The molecule has 0 radical (unpaired) electrons. The van der Waals surface area contributed by atoms with Crippen LogP contribution in [0.2, 0.25) is 0 Å². The highest BCUT2D eigenvalue weighted by Crippen LogP contribution is 2.65. The SMILES string of the molecule is C1=CC(N(c2ccc(-c3ccc4c(c3)sc3ccccc34)cc2)c2cccc3c2Oc2cc4c(cc2O3)-c2ccccc2C42c3ccccc3-c3ccccc32)=CCC1. The predicted molar refractivity (Wildman–Crippen MR) is 243 cm³/mol. The molecular weight excluding hydrogens is 739 g/mol. The van der Waals surface area contributed by atoms with Crippen LogP contribution < -0.4 is 14.4 Å². The third kappa shape index (κ3) is 4.63. The Balaban J connectivity index is 0.929. The van der Waals surface area contributed by atoms with E-state index in [1.165, 1.54) is 75.8 Å². The normalized spacial score (nSPS) is 14.7. The number of thiophene rings is 1. The minimum Gasteiger partial charge on any atom is -0.449 e. The van der Waals surface area contributed by atoms with E-state index in [0.717, 1.165) is 41.4 Å². The van der Waals surface area contributed by atoms with E-state index in [9.17, 15) is 0 Å². The molecule has 59 heavy (non-hydrogen) atoms. The molecule has 0 saturated carbocycles. The van der Waals surface area contributed by atoms with Gasteiger partial charge in [-0.25, -0.2) is 0 Å². The minimum atomic E-state index is -0.468. The Labute approximate surface area is 346 Å². The molecule has 0 amide bonds. The lowest BCUT2D eigenvalue weighted by molar-refractivity contribution is 0.360. The summed E-state index contributed by atoms with van der Waals surface area (Å²) in [7, 11) is 0. The third-order valence-electron chi connectivity index (χ3n) is 12.8. The van der Waals surface area contributed by atoms with Gasteiger partial charge in [-0.1, -0.05) is 133 Å². The number of fused-ring (bicyclic) bond motifs is 15. The molecule has 4 aliphatic rings. The monoisotopic (exact) mass is 773 g/mol. The third-order valence-corrected chi connectivity index (χ3v) is 13.9. The molecule has 1 spiro atoms. The zero-order valence-corrected chi connectivity index (χ0v) is 32.8. The minimum absolute atomic E-state index is 0.468. The summed E-state index contributed by atoms with van der Waals surface area (Å²) in [6, 6.07) is 61.8. The van der Waals surface area contributed by atoms with Crippen molar-refractivity contribution in [3.05, 3.63) is 216 Å². The van der Waals surface area contributed by atoms with Crippen LogP contribution in [0.5, 0.6) is 23.0 Å². The van der Waals surface area contributed by atoms with Crippen LogP contribution in [-0.4, -0.2) is 0 Å². The van der Waals surface area contributed by atoms with Crippen molar-refractivity contribution in [2.24, 2.45) is 0 Å². The first kappa shape index (κ1) is 32.9. The number of hydrogen-bond donors (Lipinski definition) is 0. The van der Waals surface area contributed by atoms with Gasteiger partial charge in [-0.3, -0.25) is 0 Å². The van der Waals surface area contributed by atoms with Crippen molar-refractivity contribution in [2.75, 3.05) is 4.90 Å². The summed E-state index contributed by atoms with van der Waals surface area (Å²) >= 11 is 1.86. The highest BCUT2D eigenvalue weighted by atomic mass is 32.1. The number of rotatable bonds is 4. The van der Waals surface area contributed by atoms with Gasteiger partial charge in [-0.15, -0.1) is 11.3 Å². The summed E-state index contributed by atoms with van der Waals surface area (Å²) in [6.07, 6.45) is 8.81. The van der Waals surface area contributed by atoms with Crippen LogP contribution in [0.15, 0.2) is 194 Å². The van der Waals surface area contributed by atoms with Gasteiger partial charge < -0.3 is 14.4 Å². The molecule has 0 atom stereocenters. The molecule has 2 heterocycles. The zero-order valence-electron chi connectivity index (χ0n) is 32.0. The first-order valence-electron chi connectivity index (χ1n) is 20.4. The van der Waals surface area contributed by atoms with Gasteiger partial charge in [0.2, 0.25) is 0 Å². The van der Waals surface area contributed by atoms with Crippen LogP contribution in [0.25, 0.3) is 53.6 Å². The standard InChI is InChI=1S/C55H35NO2S/c1-2-13-36(14-3-1)56(37-28-25-34(26-29-37)35-27-30-42-41-18-7-11-24-52(41)59-53(42)31-35)48-22-12-23-49-54(48)58-51-33-47-43(32-50(51)57-49)40-17-6-10-21-46(40)55(47)44-19-8-4-15-38(44)39-16-5-9-20-45(39)55/h2,4-33H,1,3H2. The maximum Gasteiger partial charge on any atom is 0.194 e. The smallest absolute Gasteiger partial charge is 0.194 e. The zero-order chi connectivity index (χ0) is 38.7. The number of hydrogen-bond acceptors (Lipinski definition) is 4. The molecule has 3 nitrogen and oxygen atoms in total. The van der Waals surface area contributed by atoms with Crippen LogP contribution in [-0.2, 0) is 5.41 Å². The van der Waals surface area contributed by atoms with E-state index in [1.54, 1.807) is 0 Å². The fraction of sp³-hybridized carbons (Fsp3) is 0.0545. The molecule has 0 fully saturated rings. The van der Waals surface area contributed by atoms with Gasteiger partial charge in [0, 0.05) is 31.6 Å². The van der Waals surface area contributed by atoms with Crippen LogP contribution in [0.4, 0.5) is 11.4 Å². The van der Waals surface area contributed by atoms with Gasteiger partial charge in [-0.05, 0) is 123 Å². The van der Waals surface area contributed by atoms with Crippen LogP contribution in [0, 0.1) is 0 Å². The van der Waals surface area contributed by atoms with E-state index in [1.807, 2.05) is 17.4 Å². The number of para-hydroxylation sites is 1. The molecule has 13 rings (SSSR count). The molecule has 0 bridgehead atoms. The highest BCUT2D eigenvalue weighted by Gasteiger charge is 2.52. The molecule has 0 N–H and O–H groups in total. The summed E-state index contributed by atoms with van der Waals surface area (Å²) < 4.78 is 16.6. The van der Waals surface area contributed by atoms with Gasteiger partial charge in [-0.2, -0.15) is 0 Å². The first-order chi connectivity index (χ1) is 29.2. The van der Waals surface area contributed by atoms with Crippen molar-refractivity contribution in [1.29, 1.82) is 0 Å². The average Bonchev–Trinajstić information content (AvgIpc) is 3.92. The Hall–Kier alpha value is -7.14. The Bertz CT molecular complexity index is 3250. The van der Waals surface area contributed by atoms with Gasteiger partial charge >= 0.3 is 0 Å². The number of nitrogens with zero attached hydrogens (tertiary/aromatic N) is 1. The van der Waals surface area contributed by atoms with E-state index in [0.29, 0.717) is 11.5 Å². The first-order valence-corrected chi connectivity index (χ1v) is 21.2. The molecule has 8 aromatic carbocycles. The number of ether oxygens (including phenoxy) is 2. The van der Waals surface area contributed by atoms with Gasteiger partial charge in [0.15, 0.2) is 23.0 Å². The van der Waals surface area contributed by atoms with E-state index >= 15 is 0 Å². The van der Waals surface area contributed by atoms with Crippen molar-refractivity contribution < 1.29 is 9.47 Å². The van der Waals surface area contributed by atoms with Crippen molar-refractivity contribution in [2.45, 2.75) is 18.3 Å². The van der Waals surface area contributed by atoms with Gasteiger partial charge in [0.1, 0.15) is 0 Å². The number of allylic oxidation sites excluding steroid dienone is 3. The average molecular weight is 774 g/mol. The Kier molecular flexibility index (Phi) is 6.93. The highest BCUT2D eigenvalue weighted by molar-refractivity contribution is 7.25. The molecular formula is C55H35NO2S. The van der Waals surface area contributed by atoms with E-state index in [4.69, 9.17) is 9.47 Å². The summed E-state index contributed by atoms with van der Waals surface area (Å²) in [5.74, 6) is 2.85. The van der Waals surface area contributed by atoms with Crippen LogP contribution in [0.1, 0.15) is 35.1 Å². The second-order valence-electron chi connectivity index (χ2n) is 15.8. The molecule has 1 aliphatic heterocycles. The summed E-state index contributed by atoms with van der Waals surface area (Å²) in [5.41, 5.74) is 15.1. The second kappa shape index (κ2) is 12.4. The van der Waals surface area contributed by atoms with Crippen molar-refractivity contribution in [1.82, 2.24) is 0 Å². The van der Waals surface area contributed by atoms with Crippen molar-refractivity contribution in [3.8, 4) is 56.4 Å². The Morgan fingerprint density at radius 3 is 1.88 bits per heavy atom. The lowest BCUT2D eigenvalue weighted by Crippen LogP contribution is -2.26. The molecule has 0 saturated heterocycles. The summed E-state index contributed by atoms with van der Waals surface area (Å²) in [5, 5.41) is 2.63. The maximum atomic E-state index is 7.15. The fourth-order valence-electron chi connectivity index (χ4n) is 10.3. The molecule has 1 aromatic heterocycles. The quantitative estimate of drug-likeness (QED) is 0.178. The Morgan fingerprint density at radius 1 is 0.475 bits per heavy atom. The van der Waals surface area contributed by atoms with Crippen LogP contribution >= 0.6 is 11.3 Å². The number of anilines is 2. The maximum absolute atomic E-state index is 7.15. The second-order valence-corrected chi connectivity index (χ2v) is 16.9. The van der Waals surface area contributed by atoms with E-state index in [-0.39, 0.29) is 0 Å². The molecule has 3 aliphatic carbocycles. The summed E-state index contributed by atoms with van der Waals surface area (Å²) in [4.78, 5) is 2.32. The predicted octanol–water partition coefficient (Wildman–Crippen LogP) is 15.3. The van der Waals surface area contributed by atoms with Crippen molar-refractivity contribution >= 4 is 42.9 Å². The largest absolute Gasteiger partial charge is 0.449 e. The molecule has 9 aromatic rings. The van der Waals surface area contributed by atoms with Crippen molar-refractivity contribution in [3.63, 3.8) is 0 Å². The molecule has 4 heteroatoms. The van der Waals surface area contributed by atoms with E-state index in [2.05, 4.69) is 187 Å². The topological polar surface area (TPSA) is 21.7 Å². The van der Waals surface area contributed by atoms with E-state index < -0.39 is 5.41 Å². The summed E-state index contributed by atoms with van der Waals surface area (Å²) in [6.45, 7) is 0. The van der Waals surface area contributed by atoms with Gasteiger partial charge in [0.25, 0.3) is 0 Å². The lowest BCUT2D eigenvalue weighted by atomic mass is 9.70. The van der Waals surface area contributed by atoms with Gasteiger partial charge in [0.05, 0.1) is 11.1 Å². The van der Waals surface area contributed by atoms with Crippen LogP contribution in [0.3, 0.4) is 0 Å². The fourth-order valence-corrected chi connectivity index (χ4v) is 11.4.